The quantitative estimate of drug-likeness (QED) is 0.861. The molecule has 0 saturated carbocycles. The van der Waals surface area contributed by atoms with Gasteiger partial charge in [-0.1, -0.05) is 17.7 Å². The molecule has 1 amide bonds. The first-order chi connectivity index (χ1) is 12.3. The molecule has 2 aliphatic heterocycles. The molecule has 0 aliphatic carbocycles. The van der Waals surface area contributed by atoms with Crippen molar-refractivity contribution in [1.82, 2.24) is 9.21 Å². The molecule has 7 heteroatoms. The molecular weight excluding hydrogens is 350 g/mol. The fourth-order valence-electron chi connectivity index (χ4n) is 4.08. The van der Waals surface area contributed by atoms with Crippen molar-refractivity contribution < 1.29 is 13.2 Å². The highest BCUT2D eigenvalue weighted by Crippen LogP contribution is 2.29. The second-order valence-corrected chi connectivity index (χ2v) is 9.63. The number of piperidine rings is 1. The highest BCUT2D eigenvalue weighted by molar-refractivity contribution is 7.89. The van der Waals surface area contributed by atoms with Gasteiger partial charge in [-0.3, -0.25) is 4.79 Å². The summed E-state index contributed by atoms with van der Waals surface area (Å²) < 4.78 is 27.3. The minimum atomic E-state index is -3.56. The highest BCUT2D eigenvalue weighted by atomic mass is 32.2. The van der Waals surface area contributed by atoms with Crippen LogP contribution in [0.25, 0.3) is 0 Å². The Hall–Kier alpha value is -1.44. The standard InChI is InChI=1S/C19H29N3O3S/c1-14-5-7-18(8-6-14)26(24,25)21-9-3-4-17(13-21)19(23)22-12-16(11-20)10-15(22)2/h5-8,15-17H,3-4,9-13,20H2,1-2H3. The van der Waals surface area contributed by atoms with Crippen molar-refractivity contribution in [3.05, 3.63) is 29.8 Å². The monoisotopic (exact) mass is 379 g/mol. The molecule has 6 nitrogen and oxygen atoms in total. The molecule has 1 aromatic rings. The Morgan fingerprint density at radius 2 is 1.92 bits per heavy atom. The molecular formula is C19H29N3O3S. The molecule has 144 valence electrons. The van der Waals surface area contributed by atoms with Crippen LogP contribution in [0.15, 0.2) is 29.2 Å². The second kappa shape index (κ2) is 7.66. The molecule has 0 radical (unpaired) electrons. The van der Waals surface area contributed by atoms with E-state index in [4.69, 9.17) is 5.73 Å². The minimum absolute atomic E-state index is 0.0808. The van der Waals surface area contributed by atoms with Gasteiger partial charge in [-0.2, -0.15) is 4.31 Å². The molecule has 2 N–H and O–H groups in total. The number of aryl methyl sites for hydroxylation is 1. The van der Waals surface area contributed by atoms with Gasteiger partial charge < -0.3 is 10.6 Å². The largest absolute Gasteiger partial charge is 0.339 e. The maximum Gasteiger partial charge on any atom is 0.243 e. The third kappa shape index (κ3) is 3.80. The van der Waals surface area contributed by atoms with Crippen molar-refractivity contribution in [3.63, 3.8) is 0 Å². The molecule has 0 aromatic heterocycles. The van der Waals surface area contributed by atoms with Gasteiger partial charge in [-0.05, 0) is 57.7 Å². The van der Waals surface area contributed by atoms with E-state index in [1.165, 1.54) is 4.31 Å². The number of amides is 1. The normalized spacial score (nSPS) is 27.7. The van der Waals surface area contributed by atoms with E-state index in [-0.39, 0.29) is 24.4 Å². The third-order valence-electron chi connectivity index (χ3n) is 5.67. The number of hydrogen-bond acceptors (Lipinski definition) is 4. The van der Waals surface area contributed by atoms with Crippen LogP contribution in [0.4, 0.5) is 0 Å². The van der Waals surface area contributed by atoms with E-state index in [1.807, 2.05) is 11.8 Å². The molecule has 3 unspecified atom stereocenters. The van der Waals surface area contributed by atoms with E-state index in [2.05, 4.69) is 6.92 Å². The van der Waals surface area contributed by atoms with Crippen LogP contribution in [0, 0.1) is 18.8 Å². The first-order valence-corrected chi connectivity index (χ1v) is 10.8. The van der Waals surface area contributed by atoms with E-state index in [1.54, 1.807) is 24.3 Å². The van der Waals surface area contributed by atoms with Crippen molar-refractivity contribution in [2.45, 2.75) is 44.0 Å². The molecule has 26 heavy (non-hydrogen) atoms. The minimum Gasteiger partial charge on any atom is -0.339 e. The van der Waals surface area contributed by atoms with Gasteiger partial charge in [-0.15, -0.1) is 0 Å². The molecule has 0 spiro atoms. The van der Waals surface area contributed by atoms with Crippen LogP contribution >= 0.6 is 0 Å². The summed E-state index contributed by atoms with van der Waals surface area (Å²) in [6.07, 6.45) is 2.39. The van der Waals surface area contributed by atoms with E-state index in [0.717, 1.165) is 18.4 Å². The predicted molar refractivity (Wildman–Crippen MR) is 101 cm³/mol. The van der Waals surface area contributed by atoms with Crippen LogP contribution in [-0.4, -0.2) is 55.8 Å². The van der Waals surface area contributed by atoms with Crippen molar-refractivity contribution >= 4 is 15.9 Å². The number of sulfonamides is 1. The summed E-state index contributed by atoms with van der Waals surface area (Å²) in [5.41, 5.74) is 6.79. The average molecular weight is 380 g/mol. The van der Waals surface area contributed by atoms with Crippen LogP contribution < -0.4 is 5.73 Å². The number of benzene rings is 1. The Morgan fingerprint density at radius 3 is 2.54 bits per heavy atom. The fraction of sp³-hybridized carbons (Fsp3) is 0.632. The molecule has 3 rings (SSSR count). The van der Waals surface area contributed by atoms with E-state index in [0.29, 0.717) is 36.9 Å². The van der Waals surface area contributed by atoms with Gasteiger partial charge in [0.15, 0.2) is 0 Å². The molecule has 0 bridgehead atoms. The Balaban J connectivity index is 1.73. The predicted octanol–water partition coefficient (Wildman–Crippen LogP) is 1.59. The smallest absolute Gasteiger partial charge is 0.243 e. The van der Waals surface area contributed by atoms with Gasteiger partial charge in [0, 0.05) is 25.7 Å². The lowest BCUT2D eigenvalue weighted by atomic mass is 9.98. The maximum absolute atomic E-state index is 13.0. The zero-order valence-electron chi connectivity index (χ0n) is 15.6. The first-order valence-electron chi connectivity index (χ1n) is 9.40. The van der Waals surface area contributed by atoms with Crippen LogP contribution in [-0.2, 0) is 14.8 Å². The summed E-state index contributed by atoms with van der Waals surface area (Å²) in [5, 5.41) is 0. The second-order valence-electron chi connectivity index (χ2n) is 7.69. The van der Waals surface area contributed by atoms with Crippen molar-refractivity contribution in [1.29, 1.82) is 0 Å². The summed E-state index contributed by atoms with van der Waals surface area (Å²) in [4.78, 5) is 15.2. The molecule has 2 saturated heterocycles. The molecule has 1 aromatic carbocycles. The molecule has 2 aliphatic rings. The average Bonchev–Trinajstić information content (AvgIpc) is 3.02. The van der Waals surface area contributed by atoms with Crippen LogP contribution in [0.3, 0.4) is 0 Å². The third-order valence-corrected chi connectivity index (χ3v) is 7.55. The number of likely N-dealkylation sites (tertiary alicyclic amines) is 1. The lowest BCUT2D eigenvalue weighted by molar-refractivity contribution is -0.137. The SMILES string of the molecule is Cc1ccc(S(=O)(=O)N2CCCC(C(=O)N3CC(CN)CC3C)C2)cc1. The Bertz CT molecular complexity index is 748. The number of carbonyl (C=O) groups is 1. The van der Waals surface area contributed by atoms with Gasteiger partial charge in [0.05, 0.1) is 10.8 Å². The van der Waals surface area contributed by atoms with Crippen molar-refractivity contribution in [3.8, 4) is 0 Å². The Morgan fingerprint density at radius 1 is 1.23 bits per heavy atom. The zero-order valence-corrected chi connectivity index (χ0v) is 16.4. The summed E-state index contributed by atoms with van der Waals surface area (Å²) in [7, 11) is -3.56. The molecule has 2 heterocycles. The summed E-state index contributed by atoms with van der Waals surface area (Å²) >= 11 is 0. The number of nitrogens with two attached hydrogens (primary N) is 1. The number of rotatable bonds is 4. The maximum atomic E-state index is 13.0. The first kappa shape index (κ1) is 19.3. The van der Waals surface area contributed by atoms with Crippen LogP contribution in [0.2, 0.25) is 0 Å². The topological polar surface area (TPSA) is 83.7 Å². The van der Waals surface area contributed by atoms with Gasteiger partial charge in [0.1, 0.15) is 0 Å². The van der Waals surface area contributed by atoms with Gasteiger partial charge in [0.25, 0.3) is 0 Å². The number of nitrogens with zero attached hydrogens (tertiary/aromatic N) is 2. The summed E-state index contributed by atoms with van der Waals surface area (Å²) in [6, 6.07) is 7.08. The molecule has 2 fully saturated rings. The van der Waals surface area contributed by atoms with E-state index < -0.39 is 10.0 Å². The Kier molecular flexibility index (Phi) is 5.69. The number of hydrogen-bond donors (Lipinski definition) is 1. The Labute approximate surface area is 156 Å². The van der Waals surface area contributed by atoms with Crippen LogP contribution in [0.1, 0.15) is 31.7 Å². The molecule has 3 atom stereocenters. The van der Waals surface area contributed by atoms with Gasteiger partial charge in [0.2, 0.25) is 15.9 Å². The van der Waals surface area contributed by atoms with Crippen molar-refractivity contribution in [2.24, 2.45) is 17.6 Å². The van der Waals surface area contributed by atoms with Crippen LogP contribution in [0.5, 0.6) is 0 Å². The van der Waals surface area contributed by atoms with Crippen molar-refractivity contribution in [2.75, 3.05) is 26.2 Å². The lowest BCUT2D eigenvalue weighted by Gasteiger charge is -2.34. The summed E-state index contributed by atoms with van der Waals surface area (Å²) in [6.45, 7) is 6.01. The lowest BCUT2D eigenvalue weighted by Crippen LogP contribution is -2.47. The fourth-order valence-corrected chi connectivity index (χ4v) is 5.60. The van der Waals surface area contributed by atoms with Gasteiger partial charge in [-0.25, -0.2) is 8.42 Å². The zero-order chi connectivity index (χ0) is 18.9. The van der Waals surface area contributed by atoms with Gasteiger partial charge >= 0.3 is 0 Å². The summed E-state index contributed by atoms with van der Waals surface area (Å²) in [5.74, 6) is 0.171. The number of carbonyl (C=O) groups excluding carboxylic acids is 1. The van der Waals surface area contributed by atoms with E-state index in [9.17, 15) is 13.2 Å². The van der Waals surface area contributed by atoms with E-state index >= 15 is 0 Å². The highest BCUT2D eigenvalue weighted by Gasteiger charge is 2.39.